The van der Waals surface area contributed by atoms with E-state index in [2.05, 4.69) is 12.2 Å². The van der Waals surface area contributed by atoms with E-state index in [0.717, 1.165) is 12.0 Å². The molecule has 0 radical (unpaired) electrons. The zero-order chi connectivity index (χ0) is 20.5. The predicted octanol–water partition coefficient (Wildman–Crippen LogP) is 3.83. The molecule has 0 saturated heterocycles. The molecule has 1 N–H and O–H groups in total. The number of hydrogen-bond donors (Lipinski definition) is 1. The van der Waals surface area contributed by atoms with Crippen LogP contribution in [0.5, 0.6) is 5.75 Å². The molecule has 2 amide bonds. The fourth-order valence-electron chi connectivity index (χ4n) is 2.76. The number of rotatable bonds is 9. The minimum Gasteiger partial charge on any atom is -0.484 e. The molecular weight excluding hydrogens is 376 g/mol. The summed E-state index contributed by atoms with van der Waals surface area (Å²) in [6.45, 7) is 6.20. The average molecular weight is 403 g/mol. The van der Waals surface area contributed by atoms with Gasteiger partial charge in [-0.1, -0.05) is 48.9 Å². The van der Waals surface area contributed by atoms with Gasteiger partial charge in [-0.15, -0.1) is 0 Å². The van der Waals surface area contributed by atoms with Crippen molar-refractivity contribution >= 4 is 23.4 Å². The fourth-order valence-corrected chi connectivity index (χ4v) is 2.96. The molecule has 150 valence electrons. The number of carbonyl (C=O) groups is 2. The van der Waals surface area contributed by atoms with Gasteiger partial charge >= 0.3 is 0 Å². The van der Waals surface area contributed by atoms with Gasteiger partial charge in [-0.05, 0) is 49.6 Å². The van der Waals surface area contributed by atoms with Crippen molar-refractivity contribution in [2.24, 2.45) is 0 Å². The number of benzene rings is 2. The van der Waals surface area contributed by atoms with E-state index in [-0.39, 0.29) is 25.0 Å². The monoisotopic (exact) mass is 402 g/mol. The molecule has 5 nitrogen and oxygen atoms in total. The van der Waals surface area contributed by atoms with Crippen LogP contribution < -0.4 is 10.1 Å². The zero-order valence-corrected chi connectivity index (χ0v) is 17.3. The third-order valence-corrected chi connectivity index (χ3v) is 4.88. The van der Waals surface area contributed by atoms with Gasteiger partial charge in [0.1, 0.15) is 11.8 Å². The van der Waals surface area contributed by atoms with Crippen molar-refractivity contribution in [2.75, 3.05) is 13.2 Å². The molecular formula is C22H27ClN2O3. The van der Waals surface area contributed by atoms with Crippen molar-refractivity contribution in [1.82, 2.24) is 10.2 Å². The number of nitrogens with zero attached hydrogens (tertiary/aromatic N) is 1. The molecule has 2 aromatic rings. The van der Waals surface area contributed by atoms with Crippen molar-refractivity contribution < 1.29 is 14.3 Å². The normalized spacial score (nSPS) is 11.6. The Bertz CT molecular complexity index is 793. The summed E-state index contributed by atoms with van der Waals surface area (Å²) in [5, 5.41) is 3.32. The minimum absolute atomic E-state index is 0.153. The lowest BCUT2D eigenvalue weighted by molar-refractivity contribution is -0.142. The Balaban J connectivity index is 2.12. The minimum atomic E-state index is -0.644. The van der Waals surface area contributed by atoms with Gasteiger partial charge in [0.15, 0.2) is 6.61 Å². The van der Waals surface area contributed by atoms with Gasteiger partial charge in [-0.2, -0.15) is 0 Å². The molecule has 0 aliphatic heterocycles. The molecule has 1 unspecified atom stereocenters. The van der Waals surface area contributed by atoms with Crippen molar-refractivity contribution in [3.05, 3.63) is 64.7 Å². The quantitative estimate of drug-likeness (QED) is 0.693. The topological polar surface area (TPSA) is 58.6 Å². The van der Waals surface area contributed by atoms with Crippen LogP contribution in [0.2, 0.25) is 5.02 Å². The van der Waals surface area contributed by atoms with E-state index < -0.39 is 6.04 Å². The van der Waals surface area contributed by atoms with Gasteiger partial charge in [-0.25, -0.2) is 0 Å². The van der Waals surface area contributed by atoms with Crippen molar-refractivity contribution in [2.45, 2.75) is 39.8 Å². The molecule has 28 heavy (non-hydrogen) atoms. The largest absolute Gasteiger partial charge is 0.484 e. The Labute approximate surface area is 171 Å². The summed E-state index contributed by atoms with van der Waals surface area (Å²) in [6.07, 6.45) is 0.939. The second-order valence-corrected chi connectivity index (χ2v) is 6.88. The zero-order valence-electron chi connectivity index (χ0n) is 16.6. The maximum Gasteiger partial charge on any atom is 0.261 e. The fraction of sp³-hybridized carbons (Fsp3) is 0.364. The first-order valence-corrected chi connectivity index (χ1v) is 9.86. The van der Waals surface area contributed by atoms with Gasteiger partial charge < -0.3 is 15.0 Å². The van der Waals surface area contributed by atoms with E-state index in [1.54, 1.807) is 13.0 Å². The highest BCUT2D eigenvalue weighted by atomic mass is 35.5. The Morgan fingerprint density at radius 3 is 2.39 bits per heavy atom. The second kappa shape index (κ2) is 10.7. The van der Waals surface area contributed by atoms with E-state index in [0.29, 0.717) is 17.3 Å². The Kier molecular flexibility index (Phi) is 8.33. The third-order valence-electron chi connectivity index (χ3n) is 4.51. The first-order chi connectivity index (χ1) is 13.5. The van der Waals surface area contributed by atoms with Gasteiger partial charge in [0.25, 0.3) is 5.91 Å². The number of halogens is 1. The summed E-state index contributed by atoms with van der Waals surface area (Å²) in [4.78, 5) is 26.7. The van der Waals surface area contributed by atoms with E-state index in [9.17, 15) is 9.59 Å². The van der Waals surface area contributed by atoms with Crippen molar-refractivity contribution in [3.8, 4) is 5.75 Å². The summed E-state index contributed by atoms with van der Waals surface area (Å²) in [5.41, 5.74) is 1.98. The average Bonchev–Trinajstić information content (AvgIpc) is 2.71. The van der Waals surface area contributed by atoms with Crippen LogP contribution in [0.4, 0.5) is 0 Å². The van der Waals surface area contributed by atoms with Crippen LogP contribution in [0.1, 0.15) is 31.9 Å². The number of nitrogens with one attached hydrogen (secondary N) is 1. The van der Waals surface area contributed by atoms with E-state index in [4.69, 9.17) is 16.3 Å². The number of aryl methyl sites for hydroxylation is 1. The summed E-state index contributed by atoms with van der Waals surface area (Å²) in [6, 6.07) is 14.3. The van der Waals surface area contributed by atoms with Crippen molar-refractivity contribution in [1.29, 1.82) is 0 Å². The Morgan fingerprint density at radius 1 is 1.11 bits per heavy atom. The smallest absolute Gasteiger partial charge is 0.261 e. The van der Waals surface area contributed by atoms with Gasteiger partial charge in [0, 0.05) is 18.1 Å². The maximum atomic E-state index is 12.9. The number of carbonyl (C=O) groups excluding carboxylic acids is 2. The molecule has 0 saturated carbocycles. The summed E-state index contributed by atoms with van der Waals surface area (Å²) < 4.78 is 5.65. The molecule has 1 atom stereocenters. The molecule has 0 spiro atoms. The molecule has 0 aromatic heterocycles. The first kappa shape index (κ1) is 21.8. The van der Waals surface area contributed by atoms with Crippen LogP contribution >= 0.6 is 11.6 Å². The van der Waals surface area contributed by atoms with E-state index in [1.807, 2.05) is 49.4 Å². The number of likely N-dealkylation sites (N-methyl/N-ethyl adjacent to an activating group) is 1. The summed E-state index contributed by atoms with van der Waals surface area (Å²) in [7, 11) is 0. The third kappa shape index (κ3) is 5.99. The van der Waals surface area contributed by atoms with Gasteiger partial charge in [0.05, 0.1) is 0 Å². The lowest BCUT2D eigenvalue weighted by atomic mass is 10.1. The molecule has 2 aromatic carbocycles. The Hall–Kier alpha value is -2.53. The number of ether oxygens (including phenoxy) is 1. The van der Waals surface area contributed by atoms with Crippen LogP contribution in [0.15, 0.2) is 48.5 Å². The van der Waals surface area contributed by atoms with Crippen LogP contribution in [-0.4, -0.2) is 35.9 Å². The highest BCUT2D eigenvalue weighted by molar-refractivity contribution is 6.31. The van der Waals surface area contributed by atoms with Crippen LogP contribution in [0, 0.1) is 0 Å². The lowest BCUT2D eigenvalue weighted by Crippen LogP contribution is -2.49. The van der Waals surface area contributed by atoms with Gasteiger partial charge in [-0.3, -0.25) is 9.59 Å². The van der Waals surface area contributed by atoms with Crippen molar-refractivity contribution in [3.63, 3.8) is 0 Å². The predicted molar refractivity (Wildman–Crippen MR) is 111 cm³/mol. The summed E-state index contributed by atoms with van der Waals surface area (Å²) in [5.74, 6) is 0.127. The second-order valence-electron chi connectivity index (χ2n) is 6.47. The van der Waals surface area contributed by atoms with Crippen LogP contribution in [-0.2, 0) is 22.6 Å². The van der Waals surface area contributed by atoms with Gasteiger partial charge in [0.2, 0.25) is 5.91 Å². The lowest BCUT2D eigenvalue weighted by Gasteiger charge is -2.29. The van der Waals surface area contributed by atoms with Crippen LogP contribution in [0.3, 0.4) is 0 Å². The highest BCUT2D eigenvalue weighted by Gasteiger charge is 2.26. The maximum absolute atomic E-state index is 12.9. The standard InChI is InChI=1S/C22H27ClN2O3/c1-4-17-10-12-19(13-11-17)28-15-21(26)25(16(3)22(27)24-5-2)14-18-8-6-7-9-20(18)23/h6-13,16H,4-5,14-15H2,1-3H3,(H,24,27). The molecule has 0 heterocycles. The first-order valence-electron chi connectivity index (χ1n) is 9.48. The van der Waals surface area contributed by atoms with E-state index in [1.165, 1.54) is 10.5 Å². The molecule has 0 fully saturated rings. The molecule has 6 heteroatoms. The number of hydrogen-bond acceptors (Lipinski definition) is 3. The molecule has 0 bridgehead atoms. The molecule has 2 rings (SSSR count). The number of amides is 2. The SMILES string of the molecule is CCNC(=O)C(C)N(Cc1ccccc1Cl)C(=O)COc1ccc(CC)cc1. The van der Waals surface area contributed by atoms with Crippen LogP contribution in [0.25, 0.3) is 0 Å². The molecule has 0 aliphatic carbocycles. The van der Waals surface area contributed by atoms with E-state index >= 15 is 0 Å². The highest BCUT2D eigenvalue weighted by Crippen LogP contribution is 2.19. The molecule has 0 aliphatic rings. The Morgan fingerprint density at radius 2 is 1.79 bits per heavy atom. The summed E-state index contributed by atoms with van der Waals surface area (Å²) >= 11 is 6.25.